The van der Waals surface area contributed by atoms with Gasteiger partial charge in [-0.15, -0.1) is 0 Å². The topological polar surface area (TPSA) is 92.1 Å². The van der Waals surface area contributed by atoms with Gasteiger partial charge in [-0.25, -0.2) is 4.79 Å². The molecule has 24 heavy (non-hydrogen) atoms. The molecule has 0 atom stereocenters. The van der Waals surface area contributed by atoms with E-state index in [1.54, 1.807) is 55.5 Å². The molecule has 0 spiro atoms. The van der Waals surface area contributed by atoms with Crippen LogP contribution in [0.2, 0.25) is 0 Å². The van der Waals surface area contributed by atoms with Crippen LogP contribution < -0.4 is 0 Å². The van der Waals surface area contributed by atoms with Crippen molar-refractivity contribution >= 4 is 17.8 Å². The fourth-order valence-electron chi connectivity index (χ4n) is 2.10. The van der Waals surface area contributed by atoms with Crippen molar-refractivity contribution in [2.75, 3.05) is 6.61 Å². The molecule has 0 aromatic heterocycles. The minimum atomic E-state index is -0.739. The Hall–Kier alpha value is -3.37. The van der Waals surface area contributed by atoms with E-state index in [1.165, 1.54) is 6.08 Å². The largest absolute Gasteiger partial charge is 0.462 e. The average Bonchev–Trinajstić information content (AvgIpc) is 2.62. The van der Waals surface area contributed by atoms with Crippen LogP contribution >= 0.6 is 0 Å². The lowest BCUT2D eigenvalue weighted by Gasteiger charge is -2.07. The first-order valence-electron chi connectivity index (χ1n) is 7.30. The molecule has 2 aromatic rings. The number of benzene rings is 2. The first kappa shape index (κ1) is 17.0. The van der Waals surface area contributed by atoms with Crippen LogP contribution in [0, 0.1) is 0 Å². The van der Waals surface area contributed by atoms with E-state index < -0.39 is 5.97 Å². The van der Waals surface area contributed by atoms with Crippen molar-refractivity contribution in [2.45, 2.75) is 6.92 Å². The van der Waals surface area contributed by atoms with Crippen molar-refractivity contribution in [2.24, 2.45) is 5.11 Å². The first-order valence-corrected chi connectivity index (χ1v) is 7.30. The second-order valence-electron chi connectivity index (χ2n) is 4.72. The summed E-state index contributed by atoms with van der Waals surface area (Å²) in [6.07, 6.45) is 1.36. The van der Waals surface area contributed by atoms with E-state index in [0.717, 1.165) is 0 Å². The second-order valence-corrected chi connectivity index (χ2v) is 4.72. The standard InChI is InChI=1S/C18H15N3O3/c1-2-24-18(23)16(20-21-19)12-14-10-6-7-11-15(14)17(22)13-8-4-3-5-9-13/h3-12H,2H2,1H3/b16-12-. The number of nitrogens with zero attached hydrogens (tertiary/aromatic N) is 3. The lowest BCUT2D eigenvalue weighted by molar-refractivity contribution is -0.138. The number of esters is 1. The van der Waals surface area contributed by atoms with Crippen LogP contribution in [0.4, 0.5) is 0 Å². The Labute approximate surface area is 139 Å². The minimum absolute atomic E-state index is 0.154. The lowest BCUT2D eigenvalue weighted by atomic mass is 9.98. The van der Waals surface area contributed by atoms with Gasteiger partial charge in [0.05, 0.1) is 6.61 Å². The molecule has 0 fully saturated rings. The van der Waals surface area contributed by atoms with Gasteiger partial charge in [0.2, 0.25) is 0 Å². The third-order valence-electron chi connectivity index (χ3n) is 3.17. The molecule has 0 amide bonds. The molecule has 0 unspecified atom stereocenters. The smallest absolute Gasteiger partial charge is 0.340 e. The van der Waals surface area contributed by atoms with Crippen LogP contribution in [0.1, 0.15) is 28.4 Å². The van der Waals surface area contributed by atoms with E-state index in [-0.39, 0.29) is 18.1 Å². The Bertz CT molecular complexity index is 822. The normalized spacial score (nSPS) is 10.6. The monoisotopic (exact) mass is 321 g/mol. The maximum Gasteiger partial charge on any atom is 0.340 e. The minimum Gasteiger partial charge on any atom is -0.462 e. The summed E-state index contributed by atoms with van der Waals surface area (Å²) < 4.78 is 4.86. The molecule has 2 aromatic carbocycles. The van der Waals surface area contributed by atoms with Crippen molar-refractivity contribution in [1.29, 1.82) is 0 Å². The number of carbonyl (C=O) groups excluding carboxylic acids is 2. The number of hydrogen-bond donors (Lipinski definition) is 0. The number of ether oxygens (including phenoxy) is 1. The quantitative estimate of drug-likeness (QED) is 0.200. The number of hydrogen-bond acceptors (Lipinski definition) is 4. The van der Waals surface area contributed by atoms with Gasteiger partial charge in [-0.1, -0.05) is 59.7 Å². The molecule has 120 valence electrons. The lowest BCUT2D eigenvalue weighted by Crippen LogP contribution is -2.07. The summed E-state index contributed by atoms with van der Waals surface area (Å²) in [6, 6.07) is 15.6. The average molecular weight is 321 g/mol. The molecule has 0 aliphatic rings. The van der Waals surface area contributed by atoms with Gasteiger partial charge < -0.3 is 4.74 Å². The zero-order chi connectivity index (χ0) is 17.4. The molecule has 0 saturated heterocycles. The summed E-state index contributed by atoms with van der Waals surface area (Å²) in [5, 5.41) is 3.37. The zero-order valence-electron chi connectivity index (χ0n) is 13.0. The molecule has 0 saturated carbocycles. The molecule has 6 heteroatoms. The van der Waals surface area contributed by atoms with Gasteiger partial charge in [0, 0.05) is 16.0 Å². The molecular weight excluding hydrogens is 306 g/mol. The second kappa shape index (κ2) is 8.31. The maximum atomic E-state index is 12.7. The van der Waals surface area contributed by atoms with E-state index in [9.17, 15) is 9.59 Å². The first-order chi connectivity index (χ1) is 11.7. The van der Waals surface area contributed by atoms with E-state index in [2.05, 4.69) is 10.0 Å². The third kappa shape index (κ3) is 4.09. The molecule has 0 heterocycles. The van der Waals surface area contributed by atoms with Crippen molar-refractivity contribution in [3.63, 3.8) is 0 Å². The van der Waals surface area contributed by atoms with Crippen LogP contribution in [0.15, 0.2) is 65.4 Å². The Kier molecular flexibility index (Phi) is 5.88. The van der Waals surface area contributed by atoms with Crippen molar-refractivity contribution in [3.05, 3.63) is 87.4 Å². The molecule has 6 nitrogen and oxygen atoms in total. The fourth-order valence-corrected chi connectivity index (χ4v) is 2.10. The molecular formula is C18H15N3O3. The van der Waals surface area contributed by atoms with Gasteiger partial charge in [0.25, 0.3) is 0 Å². The van der Waals surface area contributed by atoms with Crippen molar-refractivity contribution < 1.29 is 14.3 Å². The summed E-state index contributed by atoms with van der Waals surface area (Å²) in [5.74, 6) is -0.927. The van der Waals surface area contributed by atoms with E-state index in [0.29, 0.717) is 16.7 Å². The Balaban J connectivity index is 2.48. The molecule has 0 radical (unpaired) electrons. The summed E-state index contributed by atoms with van der Waals surface area (Å²) in [5.41, 5.74) is 9.83. The predicted molar refractivity (Wildman–Crippen MR) is 90.1 cm³/mol. The number of azide groups is 1. The zero-order valence-corrected chi connectivity index (χ0v) is 13.0. The molecule has 2 rings (SSSR count). The maximum absolute atomic E-state index is 12.7. The number of ketones is 1. The number of rotatable bonds is 6. The highest BCUT2D eigenvalue weighted by atomic mass is 16.5. The Morgan fingerprint density at radius 3 is 2.46 bits per heavy atom. The third-order valence-corrected chi connectivity index (χ3v) is 3.17. The molecule has 0 bridgehead atoms. The Morgan fingerprint density at radius 2 is 1.79 bits per heavy atom. The summed E-state index contributed by atoms with van der Waals surface area (Å²) >= 11 is 0. The number of carbonyl (C=O) groups is 2. The highest BCUT2D eigenvalue weighted by Gasteiger charge is 2.14. The fraction of sp³-hybridized carbons (Fsp3) is 0.111. The Morgan fingerprint density at radius 1 is 1.12 bits per heavy atom. The van der Waals surface area contributed by atoms with Gasteiger partial charge in [-0.2, -0.15) is 0 Å². The molecule has 0 aliphatic heterocycles. The van der Waals surface area contributed by atoms with E-state index in [4.69, 9.17) is 10.3 Å². The van der Waals surface area contributed by atoms with Gasteiger partial charge in [0.1, 0.15) is 5.70 Å². The summed E-state index contributed by atoms with van der Waals surface area (Å²) in [7, 11) is 0. The van der Waals surface area contributed by atoms with E-state index in [1.807, 2.05) is 6.07 Å². The van der Waals surface area contributed by atoms with Crippen LogP contribution in [0.25, 0.3) is 16.5 Å². The predicted octanol–water partition coefficient (Wildman–Crippen LogP) is 4.13. The SMILES string of the molecule is CCOC(=O)/C(=C/c1ccccc1C(=O)c1ccccc1)N=[N+]=[N-]. The van der Waals surface area contributed by atoms with Crippen LogP contribution in [0.3, 0.4) is 0 Å². The highest BCUT2D eigenvalue weighted by molar-refractivity contribution is 6.11. The molecule has 0 aliphatic carbocycles. The van der Waals surface area contributed by atoms with Crippen molar-refractivity contribution in [3.8, 4) is 0 Å². The van der Waals surface area contributed by atoms with E-state index >= 15 is 0 Å². The summed E-state index contributed by atoms with van der Waals surface area (Å²) in [6.45, 7) is 1.81. The highest BCUT2D eigenvalue weighted by Crippen LogP contribution is 2.18. The summed E-state index contributed by atoms with van der Waals surface area (Å²) in [4.78, 5) is 27.1. The van der Waals surface area contributed by atoms with Gasteiger partial charge >= 0.3 is 5.97 Å². The van der Waals surface area contributed by atoms with Crippen LogP contribution in [-0.4, -0.2) is 18.4 Å². The van der Waals surface area contributed by atoms with Gasteiger partial charge in [-0.3, -0.25) is 4.79 Å². The van der Waals surface area contributed by atoms with Gasteiger partial charge in [0.15, 0.2) is 5.78 Å². The van der Waals surface area contributed by atoms with Crippen LogP contribution in [-0.2, 0) is 9.53 Å². The van der Waals surface area contributed by atoms with Gasteiger partial charge in [-0.05, 0) is 24.1 Å². The van der Waals surface area contributed by atoms with Crippen molar-refractivity contribution in [1.82, 2.24) is 0 Å². The van der Waals surface area contributed by atoms with Crippen LogP contribution in [0.5, 0.6) is 0 Å². The molecule has 0 N–H and O–H groups in total.